The Balaban J connectivity index is 1.90. The molecular weight excluding hydrogens is 324 g/mol. The Hall–Kier alpha value is -3.42. The Morgan fingerprint density at radius 1 is 1.32 bits per heavy atom. The zero-order valence-corrected chi connectivity index (χ0v) is 13.5. The van der Waals surface area contributed by atoms with Gasteiger partial charge in [-0.2, -0.15) is 0 Å². The summed E-state index contributed by atoms with van der Waals surface area (Å²) in [5, 5.41) is 14.0. The summed E-state index contributed by atoms with van der Waals surface area (Å²) in [5.74, 6) is 0.394. The highest BCUT2D eigenvalue weighted by Crippen LogP contribution is 2.13. The first kappa shape index (κ1) is 16.4. The monoisotopic (exact) mass is 340 g/mol. The summed E-state index contributed by atoms with van der Waals surface area (Å²) < 4.78 is 5.98. The fraction of sp³-hybridized carbons (Fsp3) is 0.176. The number of nitrogens with one attached hydrogen (secondary N) is 1. The van der Waals surface area contributed by atoms with Crippen LogP contribution in [0.5, 0.6) is 5.88 Å². The number of aromatic hydroxyl groups is 1. The highest BCUT2D eigenvalue weighted by Gasteiger charge is 2.13. The van der Waals surface area contributed by atoms with Crippen molar-refractivity contribution in [3.8, 4) is 5.88 Å². The lowest BCUT2D eigenvalue weighted by Crippen LogP contribution is -2.32. The predicted octanol–water partition coefficient (Wildman–Crippen LogP) is 1.53. The van der Waals surface area contributed by atoms with Crippen LogP contribution in [0.2, 0.25) is 0 Å². The van der Waals surface area contributed by atoms with Crippen molar-refractivity contribution >= 4 is 12.0 Å². The van der Waals surface area contributed by atoms with Crippen molar-refractivity contribution < 1.29 is 9.63 Å². The van der Waals surface area contributed by atoms with E-state index in [0.29, 0.717) is 12.2 Å². The van der Waals surface area contributed by atoms with Crippen molar-refractivity contribution in [2.45, 2.75) is 19.9 Å². The zero-order chi connectivity index (χ0) is 17.8. The van der Waals surface area contributed by atoms with Crippen molar-refractivity contribution in [2.75, 3.05) is 0 Å². The number of aliphatic imine (C=N–C) groups is 1. The van der Waals surface area contributed by atoms with E-state index in [1.807, 2.05) is 30.3 Å². The lowest BCUT2D eigenvalue weighted by atomic mass is 10.1. The first-order chi connectivity index (χ1) is 12.0. The molecule has 3 aromatic rings. The second-order valence-corrected chi connectivity index (χ2v) is 5.44. The molecule has 2 heterocycles. The van der Waals surface area contributed by atoms with Crippen LogP contribution in [0, 0.1) is 6.92 Å². The molecule has 0 spiro atoms. The minimum Gasteiger partial charge on any atom is -0.494 e. The number of rotatable bonds is 5. The predicted molar refractivity (Wildman–Crippen MR) is 91.6 cm³/mol. The summed E-state index contributed by atoms with van der Waals surface area (Å²) in [6, 6.07) is 11.1. The smallest absolute Gasteiger partial charge is 0.331 e. The Morgan fingerprint density at radius 2 is 2.08 bits per heavy atom. The molecule has 0 saturated heterocycles. The molecule has 0 aliphatic carbocycles. The van der Waals surface area contributed by atoms with Crippen LogP contribution in [0.25, 0.3) is 0 Å². The van der Waals surface area contributed by atoms with Crippen LogP contribution in [0.3, 0.4) is 0 Å². The molecule has 8 heteroatoms. The minimum absolute atomic E-state index is 0.117. The van der Waals surface area contributed by atoms with Crippen molar-refractivity contribution in [3.63, 3.8) is 0 Å². The molecule has 2 aromatic heterocycles. The maximum absolute atomic E-state index is 12.0. The molecule has 0 amide bonds. The highest BCUT2D eigenvalue weighted by atomic mass is 16.5. The van der Waals surface area contributed by atoms with E-state index in [1.165, 1.54) is 0 Å². The Bertz CT molecular complexity index is 1020. The molecule has 0 fully saturated rings. The molecule has 128 valence electrons. The number of aromatic amines is 1. The van der Waals surface area contributed by atoms with E-state index in [4.69, 9.17) is 4.52 Å². The largest absolute Gasteiger partial charge is 0.494 e. The van der Waals surface area contributed by atoms with Gasteiger partial charge in [-0.1, -0.05) is 35.5 Å². The summed E-state index contributed by atoms with van der Waals surface area (Å²) in [6.45, 7) is 1.93. The van der Waals surface area contributed by atoms with E-state index in [9.17, 15) is 14.7 Å². The van der Waals surface area contributed by atoms with Crippen molar-refractivity contribution in [2.24, 2.45) is 4.99 Å². The number of hydrogen-bond donors (Lipinski definition) is 2. The molecule has 0 aliphatic rings. The summed E-state index contributed by atoms with van der Waals surface area (Å²) in [5.41, 5.74) is -0.503. The van der Waals surface area contributed by atoms with Gasteiger partial charge in [0, 0.05) is 18.8 Å². The topological polar surface area (TPSA) is 113 Å². The van der Waals surface area contributed by atoms with Gasteiger partial charge in [-0.25, -0.2) is 9.79 Å². The number of aromatic nitrogens is 3. The molecule has 0 bridgehead atoms. The van der Waals surface area contributed by atoms with E-state index in [1.54, 1.807) is 13.0 Å². The standard InChI is InChI=1S/C17H16N4O4/c1-11-9-14(20-25-11)18-10-13-15(22)19-17(24)21(16(13)23)8-7-12-5-3-2-4-6-12/h2-6,9-10,23H,7-8H2,1H3,(H,19,22,24). The number of hydrogen-bond acceptors (Lipinski definition) is 6. The van der Waals surface area contributed by atoms with Crippen molar-refractivity contribution in [3.05, 3.63) is 74.1 Å². The van der Waals surface area contributed by atoms with E-state index >= 15 is 0 Å². The van der Waals surface area contributed by atoms with Crippen LogP contribution in [0.4, 0.5) is 5.82 Å². The molecule has 0 unspecified atom stereocenters. The zero-order valence-electron chi connectivity index (χ0n) is 13.5. The van der Waals surface area contributed by atoms with Crippen LogP contribution in [-0.2, 0) is 13.0 Å². The van der Waals surface area contributed by atoms with Gasteiger partial charge in [0.25, 0.3) is 5.56 Å². The summed E-state index contributed by atoms with van der Waals surface area (Å²) in [4.78, 5) is 30.1. The number of benzene rings is 1. The molecule has 0 atom stereocenters. The molecule has 3 rings (SSSR count). The molecular formula is C17H16N4O4. The number of nitrogens with zero attached hydrogens (tertiary/aromatic N) is 3. The third kappa shape index (κ3) is 3.74. The normalized spacial score (nSPS) is 11.2. The van der Waals surface area contributed by atoms with Crippen molar-refractivity contribution in [1.82, 2.24) is 14.7 Å². The van der Waals surface area contributed by atoms with Gasteiger partial charge in [-0.05, 0) is 18.9 Å². The summed E-state index contributed by atoms with van der Waals surface area (Å²) in [6.07, 6.45) is 1.68. The molecule has 25 heavy (non-hydrogen) atoms. The second kappa shape index (κ2) is 7.00. The van der Waals surface area contributed by atoms with Crippen molar-refractivity contribution in [1.29, 1.82) is 0 Å². The Labute approximate surface area is 142 Å². The molecule has 0 radical (unpaired) electrons. The second-order valence-electron chi connectivity index (χ2n) is 5.44. The fourth-order valence-corrected chi connectivity index (χ4v) is 2.33. The van der Waals surface area contributed by atoms with Gasteiger partial charge in [0.05, 0.1) is 0 Å². The van der Waals surface area contributed by atoms with Gasteiger partial charge in [0.15, 0.2) is 5.82 Å². The Morgan fingerprint density at radius 3 is 2.76 bits per heavy atom. The average Bonchev–Trinajstić information content (AvgIpc) is 3.00. The van der Waals surface area contributed by atoms with Gasteiger partial charge in [0.2, 0.25) is 5.88 Å². The SMILES string of the molecule is Cc1cc(N=Cc2c(O)n(CCc3ccccc3)c(=O)[nH]c2=O)no1. The van der Waals surface area contributed by atoms with Gasteiger partial charge in [0.1, 0.15) is 11.3 Å². The molecule has 0 aliphatic heterocycles. The van der Waals surface area contributed by atoms with Crippen LogP contribution in [-0.4, -0.2) is 26.0 Å². The maximum Gasteiger partial charge on any atom is 0.331 e. The molecule has 2 N–H and O–H groups in total. The average molecular weight is 340 g/mol. The lowest BCUT2D eigenvalue weighted by Gasteiger charge is -2.09. The number of H-pyrrole nitrogens is 1. The highest BCUT2D eigenvalue weighted by molar-refractivity contribution is 5.83. The quantitative estimate of drug-likeness (QED) is 0.684. The minimum atomic E-state index is -0.720. The maximum atomic E-state index is 12.0. The van der Waals surface area contributed by atoms with E-state index in [-0.39, 0.29) is 17.9 Å². The first-order valence-corrected chi connectivity index (χ1v) is 7.62. The van der Waals surface area contributed by atoms with Crippen LogP contribution in [0.1, 0.15) is 16.9 Å². The first-order valence-electron chi connectivity index (χ1n) is 7.62. The van der Waals surface area contributed by atoms with Crippen LogP contribution < -0.4 is 11.2 Å². The summed E-state index contributed by atoms with van der Waals surface area (Å²) in [7, 11) is 0. The van der Waals surface area contributed by atoms with E-state index in [2.05, 4.69) is 15.1 Å². The van der Waals surface area contributed by atoms with Gasteiger partial charge >= 0.3 is 5.69 Å². The third-order valence-corrected chi connectivity index (χ3v) is 3.62. The molecule has 8 nitrogen and oxygen atoms in total. The van der Waals surface area contributed by atoms with Crippen LogP contribution in [0.15, 0.2) is 55.5 Å². The van der Waals surface area contributed by atoms with Gasteiger partial charge in [-0.15, -0.1) is 0 Å². The Kier molecular flexibility index (Phi) is 4.60. The fourth-order valence-electron chi connectivity index (χ4n) is 2.33. The van der Waals surface area contributed by atoms with Crippen LogP contribution >= 0.6 is 0 Å². The third-order valence-electron chi connectivity index (χ3n) is 3.62. The van der Waals surface area contributed by atoms with E-state index in [0.717, 1.165) is 16.3 Å². The lowest BCUT2D eigenvalue weighted by molar-refractivity contribution is 0.398. The number of aryl methyl sites for hydroxylation is 2. The van der Waals surface area contributed by atoms with Gasteiger partial charge < -0.3 is 9.63 Å². The molecule has 0 saturated carbocycles. The summed E-state index contributed by atoms with van der Waals surface area (Å²) >= 11 is 0. The van der Waals surface area contributed by atoms with E-state index < -0.39 is 17.1 Å². The van der Waals surface area contributed by atoms with Gasteiger partial charge in [-0.3, -0.25) is 14.3 Å². The molecule has 1 aromatic carbocycles.